The minimum absolute atomic E-state index is 0.0352. The molecule has 1 aliphatic heterocycles. The van der Waals surface area contributed by atoms with E-state index in [-0.39, 0.29) is 29.1 Å². The number of carboxylic acids is 1. The molecule has 0 radical (unpaired) electrons. The van der Waals surface area contributed by atoms with E-state index in [1.807, 2.05) is 0 Å². The molecule has 1 aromatic heterocycles. The van der Waals surface area contributed by atoms with Crippen LogP contribution in [0.2, 0.25) is 0 Å². The summed E-state index contributed by atoms with van der Waals surface area (Å²) in [5, 5.41) is 13.5. The zero-order valence-electron chi connectivity index (χ0n) is 11.6. The Kier molecular flexibility index (Phi) is 3.64. The molecule has 0 spiro atoms. The molecule has 2 fully saturated rings. The zero-order chi connectivity index (χ0) is 15.0. The minimum Gasteiger partial charge on any atom is -0.486 e. The van der Waals surface area contributed by atoms with E-state index in [0.29, 0.717) is 6.42 Å². The number of hydrogen-bond acceptors (Lipinski definition) is 5. The predicted octanol–water partition coefficient (Wildman–Crippen LogP) is 1.26. The Morgan fingerprint density at radius 3 is 2.62 bits per heavy atom. The van der Waals surface area contributed by atoms with Crippen LogP contribution in [0.4, 0.5) is 0 Å². The van der Waals surface area contributed by atoms with Crippen molar-refractivity contribution < 1.29 is 23.1 Å². The molecule has 116 valence electrons. The van der Waals surface area contributed by atoms with Crippen LogP contribution >= 0.6 is 0 Å². The molecule has 1 saturated heterocycles. The maximum Gasteiger partial charge on any atom is 0.358 e. The molecular weight excluding hydrogens is 296 g/mol. The summed E-state index contributed by atoms with van der Waals surface area (Å²) in [6, 6.07) is -0.415. The highest BCUT2D eigenvalue weighted by Crippen LogP contribution is 2.31. The van der Waals surface area contributed by atoms with E-state index in [4.69, 9.17) is 4.74 Å². The number of rotatable bonds is 4. The second-order valence-corrected chi connectivity index (χ2v) is 7.92. The molecular formula is C13H18N2O5S. The molecule has 1 aliphatic carbocycles. The first-order valence-electron chi connectivity index (χ1n) is 7.14. The van der Waals surface area contributed by atoms with Crippen molar-refractivity contribution in [2.75, 3.05) is 11.5 Å². The van der Waals surface area contributed by atoms with Crippen molar-refractivity contribution in [3.8, 4) is 5.75 Å². The third-order valence-corrected chi connectivity index (χ3v) is 5.86. The second kappa shape index (κ2) is 5.32. The van der Waals surface area contributed by atoms with Gasteiger partial charge in [-0.3, -0.25) is 4.68 Å². The van der Waals surface area contributed by atoms with Crippen LogP contribution in [-0.2, 0) is 9.84 Å². The Bertz CT molecular complexity index is 646. The monoisotopic (exact) mass is 314 g/mol. The van der Waals surface area contributed by atoms with Crippen LogP contribution in [0.15, 0.2) is 6.20 Å². The van der Waals surface area contributed by atoms with Crippen molar-refractivity contribution in [1.29, 1.82) is 0 Å². The number of nitrogens with zero attached hydrogens (tertiary/aromatic N) is 2. The lowest BCUT2D eigenvalue weighted by molar-refractivity contribution is 0.0672. The number of carbonyl (C=O) groups is 1. The van der Waals surface area contributed by atoms with Gasteiger partial charge in [-0.05, 0) is 32.1 Å². The lowest BCUT2D eigenvalue weighted by atomic mass is 10.2. The van der Waals surface area contributed by atoms with E-state index in [2.05, 4.69) is 5.10 Å². The molecule has 1 atom stereocenters. The highest BCUT2D eigenvalue weighted by molar-refractivity contribution is 7.91. The zero-order valence-corrected chi connectivity index (χ0v) is 12.4. The number of aromatic nitrogens is 2. The number of ether oxygens (including phenoxy) is 1. The summed E-state index contributed by atoms with van der Waals surface area (Å²) in [6.45, 7) is 0. The van der Waals surface area contributed by atoms with Gasteiger partial charge in [0.05, 0.1) is 29.8 Å². The highest BCUT2D eigenvalue weighted by Gasteiger charge is 2.34. The third-order valence-electron chi connectivity index (χ3n) is 4.11. The Labute approximate surface area is 122 Å². The molecule has 8 heteroatoms. The molecule has 7 nitrogen and oxygen atoms in total. The van der Waals surface area contributed by atoms with Gasteiger partial charge in [0.25, 0.3) is 0 Å². The lowest BCUT2D eigenvalue weighted by Crippen LogP contribution is -2.19. The fraction of sp³-hybridized carbons (Fsp3) is 0.692. The van der Waals surface area contributed by atoms with E-state index in [0.717, 1.165) is 25.7 Å². The summed E-state index contributed by atoms with van der Waals surface area (Å²) in [5.41, 5.74) is -0.0380. The van der Waals surface area contributed by atoms with Crippen LogP contribution in [0.3, 0.4) is 0 Å². The van der Waals surface area contributed by atoms with Crippen molar-refractivity contribution in [3.05, 3.63) is 11.9 Å². The molecule has 0 bridgehead atoms. The van der Waals surface area contributed by atoms with Gasteiger partial charge >= 0.3 is 5.97 Å². The molecule has 2 heterocycles. The van der Waals surface area contributed by atoms with E-state index >= 15 is 0 Å². The van der Waals surface area contributed by atoms with Crippen LogP contribution in [0.25, 0.3) is 0 Å². The Morgan fingerprint density at radius 2 is 2.05 bits per heavy atom. The smallest absolute Gasteiger partial charge is 0.358 e. The maximum absolute atomic E-state index is 11.6. The SMILES string of the molecule is O=C(O)c1c(OC2CCCC2)cnn1C1CCS(=O)(=O)C1. The topological polar surface area (TPSA) is 98.5 Å². The number of carboxylic acid groups (broad SMARTS) is 1. The maximum atomic E-state index is 11.6. The average Bonchev–Trinajstić information content (AvgIpc) is 3.09. The summed E-state index contributed by atoms with van der Waals surface area (Å²) >= 11 is 0. The van der Waals surface area contributed by atoms with E-state index in [1.165, 1.54) is 10.9 Å². The van der Waals surface area contributed by atoms with Gasteiger partial charge < -0.3 is 9.84 Å². The number of sulfone groups is 1. The normalized spacial score (nSPS) is 25.2. The number of aromatic carboxylic acids is 1. The van der Waals surface area contributed by atoms with Gasteiger partial charge in [-0.2, -0.15) is 5.10 Å². The van der Waals surface area contributed by atoms with Gasteiger partial charge in [0.2, 0.25) is 0 Å². The summed E-state index contributed by atoms with van der Waals surface area (Å²) in [7, 11) is -3.09. The van der Waals surface area contributed by atoms with Crippen molar-refractivity contribution in [2.45, 2.75) is 44.2 Å². The summed E-state index contributed by atoms with van der Waals surface area (Å²) < 4.78 is 30.2. The molecule has 1 unspecified atom stereocenters. The van der Waals surface area contributed by atoms with Crippen LogP contribution in [0, 0.1) is 0 Å². The molecule has 21 heavy (non-hydrogen) atoms. The summed E-state index contributed by atoms with van der Waals surface area (Å²) in [4.78, 5) is 11.5. The summed E-state index contributed by atoms with van der Waals surface area (Å²) in [6.07, 6.45) is 5.83. The van der Waals surface area contributed by atoms with Crippen molar-refractivity contribution in [3.63, 3.8) is 0 Å². The number of hydrogen-bond donors (Lipinski definition) is 1. The molecule has 1 N–H and O–H groups in total. The van der Waals surface area contributed by atoms with Gasteiger partial charge in [-0.15, -0.1) is 0 Å². The van der Waals surface area contributed by atoms with Crippen molar-refractivity contribution in [2.24, 2.45) is 0 Å². The van der Waals surface area contributed by atoms with Gasteiger partial charge in [-0.1, -0.05) is 0 Å². The van der Waals surface area contributed by atoms with Crippen molar-refractivity contribution in [1.82, 2.24) is 9.78 Å². The molecule has 2 aliphatic rings. The van der Waals surface area contributed by atoms with Crippen LogP contribution in [0.1, 0.15) is 48.6 Å². The van der Waals surface area contributed by atoms with Crippen LogP contribution in [-0.4, -0.2) is 46.9 Å². The van der Waals surface area contributed by atoms with E-state index < -0.39 is 21.8 Å². The Morgan fingerprint density at radius 1 is 1.33 bits per heavy atom. The summed E-state index contributed by atoms with van der Waals surface area (Å²) in [5.74, 6) is -0.865. The highest BCUT2D eigenvalue weighted by atomic mass is 32.2. The molecule has 0 aromatic carbocycles. The van der Waals surface area contributed by atoms with Gasteiger partial charge in [0.1, 0.15) is 0 Å². The first-order chi connectivity index (χ1) is 9.96. The molecule has 1 saturated carbocycles. The molecule has 3 rings (SSSR count). The Balaban J connectivity index is 1.87. The first-order valence-corrected chi connectivity index (χ1v) is 8.96. The fourth-order valence-corrected chi connectivity index (χ4v) is 4.76. The molecule has 0 amide bonds. The third kappa shape index (κ3) is 2.90. The van der Waals surface area contributed by atoms with Crippen molar-refractivity contribution >= 4 is 15.8 Å². The second-order valence-electron chi connectivity index (χ2n) is 5.69. The molecule has 1 aromatic rings. The fourth-order valence-electron chi connectivity index (χ4n) is 3.07. The van der Waals surface area contributed by atoms with Crippen LogP contribution in [0.5, 0.6) is 5.75 Å². The first kappa shape index (κ1) is 14.4. The van der Waals surface area contributed by atoms with Crippen LogP contribution < -0.4 is 4.74 Å². The lowest BCUT2D eigenvalue weighted by Gasteiger charge is -2.14. The predicted molar refractivity (Wildman–Crippen MR) is 74.4 cm³/mol. The Hall–Kier alpha value is -1.57. The largest absolute Gasteiger partial charge is 0.486 e. The van der Waals surface area contributed by atoms with E-state index in [9.17, 15) is 18.3 Å². The quantitative estimate of drug-likeness (QED) is 0.898. The van der Waals surface area contributed by atoms with E-state index in [1.54, 1.807) is 0 Å². The standard InChI is InChI=1S/C13H18N2O5S/c16-13(17)12-11(20-10-3-1-2-4-10)7-14-15(12)9-5-6-21(18,19)8-9/h7,9-10H,1-6,8H2,(H,16,17). The minimum atomic E-state index is -3.09. The van der Waals surface area contributed by atoms with Gasteiger partial charge in [0.15, 0.2) is 21.3 Å². The average molecular weight is 314 g/mol. The van der Waals surface area contributed by atoms with Gasteiger partial charge in [-0.25, -0.2) is 13.2 Å². The van der Waals surface area contributed by atoms with Gasteiger partial charge in [0, 0.05) is 0 Å².